The highest BCUT2D eigenvalue weighted by Gasteiger charge is 2.13. The fourth-order valence-electron chi connectivity index (χ4n) is 2.36. The van der Waals surface area contributed by atoms with Crippen molar-refractivity contribution in [3.05, 3.63) is 57.1 Å². The number of alkyl halides is 1. The van der Waals surface area contributed by atoms with E-state index in [-0.39, 0.29) is 6.04 Å². The number of benzene rings is 1. The number of nitrogens with two attached hydrogens (primary N) is 1. The molecule has 2 aromatic rings. The summed E-state index contributed by atoms with van der Waals surface area (Å²) in [5.74, 6) is 1.42. The first-order chi connectivity index (χ1) is 10.9. The Balaban J connectivity index is 2.25. The van der Waals surface area contributed by atoms with Gasteiger partial charge in [-0.3, -0.25) is 4.99 Å². The van der Waals surface area contributed by atoms with Crippen LogP contribution in [0.3, 0.4) is 0 Å². The second kappa shape index (κ2) is 7.88. The highest BCUT2D eigenvalue weighted by Crippen LogP contribution is 2.17. The van der Waals surface area contributed by atoms with Gasteiger partial charge in [-0.1, -0.05) is 23.8 Å². The molecular formula is C17H20BrClN4. The Morgan fingerprint density at radius 2 is 2.09 bits per heavy atom. The van der Waals surface area contributed by atoms with Gasteiger partial charge in [0.1, 0.15) is 17.4 Å². The summed E-state index contributed by atoms with van der Waals surface area (Å²) < 4.78 is 0.726. The van der Waals surface area contributed by atoms with Crippen molar-refractivity contribution < 1.29 is 0 Å². The van der Waals surface area contributed by atoms with Gasteiger partial charge in [-0.05, 0) is 54.2 Å². The van der Waals surface area contributed by atoms with Crippen molar-refractivity contribution in [2.75, 3.05) is 5.88 Å². The van der Waals surface area contributed by atoms with E-state index in [0.29, 0.717) is 23.2 Å². The van der Waals surface area contributed by atoms with E-state index < -0.39 is 0 Å². The van der Waals surface area contributed by atoms with Gasteiger partial charge in [0, 0.05) is 12.1 Å². The normalized spacial score (nSPS) is 13.2. The molecule has 122 valence electrons. The summed E-state index contributed by atoms with van der Waals surface area (Å²) in [7, 11) is 0. The SMILES string of the molecule is Cc1ccc(CC(CCl)N=C(N)c2nc(C)ncc2Br)c(C)c1. The molecule has 1 atom stereocenters. The predicted octanol–water partition coefficient (Wildman–Crippen LogP) is 3.72. The minimum atomic E-state index is -0.0970. The van der Waals surface area contributed by atoms with Crippen molar-refractivity contribution in [2.24, 2.45) is 10.7 Å². The minimum Gasteiger partial charge on any atom is -0.382 e. The van der Waals surface area contributed by atoms with Gasteiger partial charge >= 0.3 is 0 Å². The van der Waals surface area contributed by atoms with Crippen molar-refractivity contribution >= 4 is 33.4 Å². The second-order valence-corrected chi connectivity index (χ2v) is 6.73. The third-order valence-electron chi connectivity index (χ3n) is 3.56. The summed E-state index contributed by atoms with van der Waals surface area (Å²) in [5.41, 5.74) is 10.5. The Morgan fingerprint density at radius 3 is 2.74 bits per heavy atom. The number of hydrogen-bond acceptors (Lipinski definition) is 3. The predicted molar refractivity (Wildman–Crippen MR) is 99.3 cm³/mol. The van der Waals surface area contributed by atoms with Crippen LogP contribution < -0.4 is 5.73 Å². The lowest BCUT2D eigenvalue weighted by molar-refractivity contribution is 0.741. The molecule has 0 aliphatic rings. The van der Waals surface area contributed by atoms with E-state index in [4.69, 9.17) is 17.3 Å². The van der Waals surface area contributed by atoms with E-state index in [1.165, 1.54) is 16.7 Å². The third-order valence-corrected chi connectivity index (χ3v) is 4.50. The van der Waals surface area contributed by atoms with Crippen LogP contribution >= 0.6 is 27.5 Å². The van der Waals surface area contributed by atoms with Crippen LogP contribution in [-0.4, -0.2) is 27.7 Å². The van der Waals surface area contributed by atoms with Gasteiger partial charge in [0.15, 0.2) is 0 Å². The largest absolute Gasteiger partial charge is 0.382 e. The number of aliphatic imine (C=N–C) groups is 1. The van der Waals surface area contributed by atoms with Crippen LogP contribution in [0.4, 0.5) is 0 Å². The number of aryl methyl sites for hydroxylation is 3. The lowest BCUT2D eigenvalue weighted by Gasteiger charge is -2.13. The zero-order valence-corrected chi connectivity index (χ0v) is 15.8. The lowest BCUT2D eigenvalue weighted by Crippen LogP contribution is -2.22. The third kappa shape index (κ3) is 4.75. The first-order valence-electron chi connectivity index (χ1n) is 7.35. The smallest absolute Gasteiger partial charge is 0.146 e. The molecule has 2 N–H and O–H groups in total. The van der Waals surface area contributed by atoms with Gasteiger partial charge in [0.05, 0.1) is 10.5 Å². The Labute approximate surface area is 150 Å². The van der Waals surface area contributed by atoms with E-state index in [2.05, 4.69) is 62.9 Å². The average molecular weight is 396 g/mol. The van der Waals surface area contributed by atoms with Gasteiger partial charge in [0.2, 0.25) is 0 Å². The van der Waals surface area contributed by atoms with Gasteiger partial charge in [-0.25, -0.2) is 9.97 Å². The molecule has 0 saturated heterocycles. The molecule has 1 aromatic heterocycles. The molecule has 23 heavy (non-hydrogen) atoms. The summed E-state index contributed by atoms with van der Waals surface area (Å²) in [6, 6.07) is 6.30. The van der Waals surface area contributed by atoms with Crippen LogP contribution in [0.25, 0.3) is 0 Å². The van der Waals surface area contributed by atoms with Crippen molar-refractivity contribution in [2.45, 2.75) is 33.2 Å². The Bertz CT molecular complexity index is 731. The highest BCUT2D eigenvalue weighted by atomic mass is 79.9. The van der Waals surface area contributed by atoms with E-state index >= 15 is 0 Å². The summed E-state index contributed by atoms with van der Waals surface area (Å²) in [6.45, 7) is 6.00. The van der Waals surface area contributed by atoms with Gasteiger partial charge in [0.25, 0.3) is 0 Å². The zero-order chi connectivity index (χ0) is 17.0. The molecule has 0 bridgehead atoms. The number of aromatic nitrogens is 2. The standard InChI is InChI=1S/C17H20BrClN4/c1-10-4-5-13(11(2)6-10)7-14(8-19)23-17(20)16-15(18)9-21-12(3)22-16/h4-6,9,14H,7-8H2,1-3H3,(H2,20,23). The highest BCUT2D eigenvalue weighted by molar-refractivity contribution is 9.10. The number of amidine groups is 1. The van der Waals surface area contributed by atoms with E-state index in [1.807, 2.05) is 6.92 Å². The van der Waals surface area contributed by atoms with E-state index in [9.17, 15) is 0 Å². The van der Waals surface area contributed by atoms with Crippen LogP contribution in [-0.2, 0) is 6.42 Å². The van der Waals surface area contributed by atoms with Crippen LogP contribution in [0, 0.1) is 20.8 Å². The fourth-order valence-corrected chi connectivity index (χ4v) is 2.93. The average Bonchev–Trinajstić information content (AvgIpc) is 2.51. The summed E-state index contributed by atoms with van der Waals surface area (Å²) in [4.78, 5) is 13.0. The first-order valence-corrected chi connectivity index (χ1v) is 8.68. The molecule has 0 aliphatic carbocycles. The molecule has 0 fully saturated rings. The van der Waals surface area contributed by atoms with Crippen LogP contribution in [0.1, 0.15) is 28.2 Å². The van der Waals surface area contributed by atoms with Crippen molar-refractivity contribution in [3.8, 4) is 0 Å². The summed E-state index contributed by atoms with van der Waals surface area (Å²) in [5, 5.41) is 0. The maximum Gasteiger partial charge on any atom is 0.146 e. The molecule has 2 rings (SSSR count). The maximum absolute atomic E-state index is 6.13. The first kappa shape index (κ1) is 17.9. The zero-order valence-electron chi connectivity index (χ0n) is 13.5. The number of halogens is 2. The molecule has 6 heteroatoms. The number of hydrogen-bond donors (Lipinski definition) is 1. The Kier molecular flexibility index (Phi) is 6.13. The Hall–Kier alpha value is -1.46. The molecule has 0 spiro atoms. The quantitative estimate of drug-likeness (QED) is 0.477. The molecule has 0 aliphatic heterocycles. The van der Waals surface area contributed by atoms with Gasteiger partial charge in [-0.2, -0.15) is 0 Å². The summed E-state index contributed by atoms with van der Waals surface area (Å²) in [6.07, 6.45) is 2.43. The molecule has 1 aromatic carbocycles. The van der Waals surface area contributed by atoms with Crippen molar-refractivity contribution in [3.63, 3.8) is 0 Å². The molecule has 1 heterocycles. The van der Waals surface area contributed by atoms with Crippen molar-refractivity contribution in [1.29, 1.82) is 0 Å². The van der Waals surface area contributed by atoms with E-state index in [1.54, 1.807) is 6.20 Å². The van der Waals surface area contributed by atoms with Crippen LogP contribution in [0.5, 0.6) is 0 Å². The topological polar surface area (TPSA) is 64.2 Å². The van der Waals surface area contributed by atoms with Gasteiger partial charge in [-0.15, -0.1) is 11.6 Å². The molecule has 1 unspecified atom stereocenters. The maximum atomic E-state index is 6.13. The monoisotopic (exact) mass is 394 g/mol. The second-order valence-electron chi connectivity index (χ2n) is 5.57. The minimum absolute atomic E-state index is 0.0970. The van der Waals surface area contributed by atoms with Crippen molar-refractivity contribution in [1.82, 2.24) is 9.97 Å². The Morgan fingerprint density at radius 1 is 1.35 bits per heavy atom. The number of rotatable bonds is 5. The van der Waals surface area contributed by atoms with Gasteiger partial charge < -0.3 is 5.73 Å². The molecule has 0 amide bonds. The summed E-state index contributed by atoms with van der Waals surface area (Å²) >= 11 is 9.51. The molecular weight excluding hydrogens is 376 g/mol. The van der Waals surface area contributed by atoms with Crippen LogP contribution in [0.2, 0.25) is 0 Å². The number of nitrogens with zero attached hydrogens (tertiary/aromatic N) is 3. The molecule has 0 saturated carbocycles. The van der Waals surface area contributed by atoms with E-state index in [0.717, 1.165) is 10.9 Å². The molecule has 4 nitrogen and oxygen atoms in total. The lowest BCUT2D eigenvalue weighted by atomic mass is 10.00. The molecule has 0 radical (unpaired) electrons. The van der Waals surface area contributed by atoms with Crippen LogP contribution in [0.15, 0.2) is 33.9 Å². The fraction of sp³-hybridized carbons (Fsp3) is 0.353.